The highest BCUT2D eigenvalue weighted by molar-refractivity contribution is 5.79. The Morgan fingerprint density at radius 3 is 2.52 bits per heavy atom. The van der Waals surface area contributed by atoms with Gasteiger partial charge in [0, 0.05) is 7.05 Å². The van der Waals surface area contributed by atoms with Gasteiger partial charge in [-0.1, -0.05) is 30.3 Å². The zero-order valence-electron chi connectivity index (χ0n) is 13.9. The first kappa shape index (κ1) is 17.4. The van der Waals surface area contributed by atoms with Gasteiger partial charge in [0.25, 0.3) is 0 Å². The summed E-state index contributed by atoms with van der Waals surface area (Å²) >= 11 is 0. The number of esters is 2. The van der Waals surface area contributed by atoms with Crippen LogP contribution in [0.5, 0.6) is 0 Å². The minimum absolute atomic E-state index is 0.00542. The lowest BCUT2D eigenvalue weighted by Crippen LogP contribution is -2.48. The van der Waals surface area contributed by atoms with Gasteiger partial charge in [-0.3, -0.25) is 14.4 Å². The third kappa shape index (κ3) is 3.09. The molecule has 6 nitrogen and oxygen atoms in total. The molecule has 1 aromatic carbocycles. The van der Waals surface area contributed by atoms with Crippen LogP contribution in [0.1, 0.15) is 25.8 Å². The van der Waals surface area contributed by atoms with Crippen molar-refractivity contribution in [2.75, 3.05) is 20.8 Å². The van der Waals surface area contributed by atoms with Crippen molar-refractivity contribution in [3.8, 4) is 0 Å². The van der Waals surface area contributed by atoms with E-state index in [1.54, 1.807) is 26.0 Å². The van der Waals surface area contributed by atoms with E-state index in [-0.39, 0.29) is 19.0 Å². The van der Waals surface area contributed by atoms with Crippen molar-refractivity contribution in [3.63, 3.8) is 0 Å². The Bertz CT molecular complexity index is 561. The first-order valence-electron chi connectivity index (χ1n) is 7.67. The summed E-state index contributed by atoms with van der Waals surface area (Å²) in [6.45, 7) is 3.84. The molecule has 1 saturated heterocycles. The van der Waals surface area contributed by atoms with E-state index < -0.39 is 23.5 Å². The Balaban J connectivity index is 2.54. The fourth-order valence-corrected chi connectivity index (χ4v) is 3.35. The van der Waals surface area contributed by atoms with Crippen LogP contribution in [0.3, 0.4) is 0 Å². The number of rotatable bonds is 5. The number of carbonyl (C=O) groups is 2. The van der Waals surface area contributed by atoms with E-state index in [1.165, 1.54) is 7.11 Å². The van der Waals surface area contributed by atoms with Crippen molar-refractivity contribution in [3.05, 3.63) is 35.9 Å². The van der Waals surface area contributed by atoms with Gasteiger partial charge in [-0.2, -0.15) is 5.06 Å². The van der Waals surface area contributed by atoms with Crippen molar-refractivity contribution in [1.82, 2.24) is 5.06 Å². The molecular weight excluding hydrogens is 298 g/mol. The van der Waals surface area contributed by atoms with E-state index in [9.17, 15) is 9.59 Å². The normalized spacial score (nSPS) is 27.7. The second kappa shape index (κ2) is 7.10. The SMILES string of the molecule is CCOC(=O)C[C@@]1(c2ccccc2)[C@H](C(=O)OC)[C@@H](C)ON1C. The Kier molecular flexibility index (Phi) is 5.38. The minimum atomic E-state index is -0.958. The van der Waals surface area contributed by atoms with E-state index in [0.29, 0.717) is 0 Å². The Morgan fingerprint density at radius 2 is 1.96 bits per heavy atom. The summed E-state index contributed by atoms with van der Waals surface area (Å²) in [6, 6.07) is 9.38. The van der Waals surface area contributed by atoms with E-state index >= 15 is 0 Å². The van der Waals surface area contributed by atoms with Crippen LogP contribution in [-0.4, -0.2) is 43.9 Å². The molecule has 1 aliphatic rings. The molecule has 0 aliphatic carbocycles. The quantitative estimate of drug-likeness (QED) is 0.772. The number of hydrogen-bond donors (Lipinski definition) is 0. The molecule has 1 heterocycles. The van der Waals surface area contributed by atoms with Crippen LogP contribution in [0.4, 0.5) is 0 Å². The van der Waals surface area contributed by atoms with Gasteiger partial charge >= 0.3 is 11.9 Å². The first-order valence-corrected chi connectivity index (χ1v) is 7.67. The summed E-state index contributed by atoms with van der Waals surface area (Å²) in [5.41, 5.74) is -0.143. The van der Waals surface area contributed by atoms with Gasteiger partial charge in [0.2, 0.25) is 0 Å². The van der Waals surface area contributed by atoms with Crippen LogP contribution >= 0.6 is 0 Å². The molecular formula is C17H23NO5. The van der Waals surface area contributed by atoms with Crippen LogP contribution < -0.4 is 0 Å². The lowest BCUT2D eigenvalue weighted by Gasteiger charge is -2.37. The van der Waals surface area contributed by atoms with Gasteiger partial charge in [0.15, 0.2) is 0 Å². The van der Waals surface area contributed by atoms with Crippen LogP contribution in [-0.2, 0) is 29.4 Å². The van der Waals surface area contributed by atoms with Crippen molar-refractivity contribution in [2.45, 2.75) is 31.9 Å². The number of nitrogens with zero attached hydrogens (tertiary/aromatic N) is 1. The molecule has 126 valence electrons. The molecule has 1 aromatic rings. The maximum Gasteiger partial charge on any atom is 0.313 e. The summed E-state index contributed by atoms with van der Waals surface area (Å²) in [7, 11) is 3.07. The topological polar surface area (TPSA) is 65.1 Å². The molecule has 0 amide bonds. The van der Waals surface area contributed by atoms with E-state index in [0.717, 1.165) is 5.56 Å². The maximum atomic E-state index is 12.4. The summed E-state index contributed by atoms with van der Waals surface area (Å²) in [4.78, 5) is 30.4. The Hall–Kier alpha value is -1.92. The molecule has 0 bridgehead atoms. The largest absolute Gasteiger partial charge is 0.469 e. The van der Waals surface area contributed by atoms with Crippen LogP contribution in [0, 0.1) is 5.92 Å². The third-order valence-corrected chi connectivity index (χ3v) is 4.32. The van der Waals surface area contributed by atoms with E-state index in [2.05, 4.69) is 0 Å². The molecule has 0 radical (unpaired) electrons. The molecule has 3 atom stereocenters. The molecule has 2 rings (SSSR count). The Labute approximate surface area is 136 Å². The first-order chi connectivity index (χ1) is 11.0. The monoisotopic (exact) mass is 321 g/mol. The van der Waals surface area contributed by atoms with Gasteiger partial charge in [-0.15, -0.1) is 0 Å². The molecule has 0 aromatic heterocycles. The van der Waals surface area contributed by atoms with Gasteiger partial charge in [-0.05, 0) is 19.4 Å². The lowest BCUT2D eigenvalue weighted by atomic mass is 9.74. The molecule has 1 fully saturated rings. The molecule has 1 aliphatic heterocycles. The number of ether oxygens (including phenoxy) is 2. The molecule has 23 heavy (non-hydrogen) atoms. The molecule has 0 spiro atoms. The summed E-state index contributed by atoms with van der Waals surface area (Å²) in [5.74, 6) is -1.42. The van der Waals surface area contributed by atoms with Crippen LogP contribution in [0.25, 0.3) is 0 Å². The summed E-state index contributed by atoms with van der Waals surface area (Å²) in [6.07, 6.45) is -0.409. The average Bonchev–Trinajstić information content (AvgIpc) is 2.79. The third-order valence-electron chi connectivity index (χ3n) is 4.32. The summed E-state index contributed by atoms with van der Waals surface area (Å²) in [5, 5.41) is 1.59. The van der Waals surface area contributed by atoms with Gasteiger partial charge < -0.3 is 9.47 Å². The predicted molar refractivity (Wildman–Crippen MR) is 83.2 cm³/mol. The number of hydroxylamine groups is 2. The summed E-state index contributed by atoms with van der Waals surface area (Å²) < 4.78 is 10.1. The van der Waals surface area contributed by atoms with Crippen LogP contribution in [0.2, 0.25) is 0 Å². The highest BCUT2D eigenvalue weighted by atomic mass is 16.7. The number of hydrogen-bond acceptors (Lipinski definition) is 6. The smallest absolute Gasteiger partial charge is 0.313 e. The van der Waals surface area contributed by atoms with Gasteiger partial charge in [0.1, 0.15) is 5.92 Å². The van der Waals surface area contributed by atoms with Crippen molar-refractivity contribution in [2.24, 2.45) is 5.92 Å². The van der Waals surface area contributed by atoms with Gasteiger partial charge in [-0.25, -0.2) is 0 Å². The van der Waals surface area contributed by atoms with E-state index in [1.807, 2.05) is 30.3 Å². The zero-order chi connectivity index (χ0) is 17.0. The fourth-order valence-electron chi connectivity index (χ4n) is 3.35. The lowest BCUT2D eigenvalue weighted by molar-refractivity contribution is -0.178. The van der Waals surface area contributed by atoms with Crippen LogP contribution in [0.15, 0.2) is 30.3 Å². The van der Waals surface area contributed by atoms with Crippen molar-refractivity contribution >= 4 is 11.9 Å². The standard InChI is InChI=1S/C17H23NO5/c1-5-22-14(19)11-17(13-9-7-6-8-10-13)15(16(20)21-4)12(2)23-18(17)3/h6-10,12,15H,5,11H2,1-4H3/t12-,15+,17-/m1/s1. The maximum absolute atomic E-state index is 12.4. The molecule has 0 unspecified atom stereocenters. The second-order valence-corrected chi connectivity index (χ2v) is 5.58. The average molecular weight is 321 g/mol. The molecule has 0 N–H and O–H groups in total. The van der Waals surface area contributed by atoms with Crippen molar-refractivity contribution in [1.29, 1.82) is 0 Å². The predicted octanol–water partition coefficient (Wildman–Crippen LogP) is 1.89. The Morgan fingerprint density at radius 1 is 1.30 bits per heavy atom. The highest BCUT2D eigenvalue weighted by Gasteiger charge is 2.58. The van der Waals surface area contributed by atoms with E-state index in [4.69, 9.17) is 14.3 Å². The second-order valence-electron chi connectivity index (χ2n) is 5.58. The number of benzene rings is 1. The van der Waals surface area contributed by atoms with Crippen molar-refractivity contribution < 1.29 is 23.9 Å². The molecule has 0 saturated carbocycles. The highest BCUT2D eigenvalue weighted by Crippen LogP contribution is 2.47. The molecule has 6 heteroatoms. The number of methoxy groups -OCH3 is 1. The fraction of sp³-hybridized carbons (Fsp3) is 0.529. The zero-order valence-corrected chi connectivity index (χ0v) is 13.9. The minimum Gasteiger partial charge on any atom is -0.469 e. The number of carbonyl (C=O) groups excluding carboxylic acids is 2. The van der Waals surface area contributed by atoms with Gasteiger partial charge in [0.05, 0.1) is 31.8 Å².